The van der Waals surface area contributed by atoms with Crippen LogP contribution in [0, 0.1) is 0 Å². The third-order valence-electron chi connectivity index (χ3n) is 1.69. The molecule has 0 saturated carbocycles. The summed E-state index contributed by atoms with van der Waals surface area (Å²) in [5, 5.41) is 18.3. The Hall–Kier alpha value is -1.91. The van der Waals surface area contributed by atoms with Crippen LogP contribution in [0.15, 0.2) is 24.3 Å². The number of carbonyl (C=O) groups excluding carboxylic acids is 1. The van der Waals surface area contributed by atoms with Crippen LogP contribution in [0.1, 0.15) is 13.3 Å². The molecule has 0 unspecified atom stereocenters. The van der Waals surface area contributed by atoms with Gasteiger partial charge in [0.25, 0.3) is 0 Å². The lowest BCUT2D eigenvalue weighted by atomic mass is 10.2. The van der Waals surface area contributed by atoms with Crippen molar-refractivity contribution in [1.82, 2.24) is 4.73 Å². The molecule has 0 spiro atoms. The van der Waals surface area contributed by atoms with Gasteiger partial charge in [-0.1, -0.05) is 13.5 Å². The highest BCUT2D eigenvalue weighted by molar-refractivity contribution is 5.87. The molecule has 0 saturated heterocycles. The van der Waals surface area contributed by atoms with Crippen molar-refractivity contribution < 1.29 is 19.8 Å². The Morgan fingerprint density at radius 1 is 1.50 bits per heavy atom. The number of hydrogen-bond donors (Lipinski definition) is 2. The largest absolute Gasteiger partial charge is 0.492 e. The fraction of sp³-hybridized carbons (Fsp3) is 0.222. The maximum Gasteiger partial charge on any atom is 0.359 e. The monoisotopic (exact) mass is 197 g/mol. The molecule has 0 aliphatic rings. The second-order valence-corrected chi connectivity index (χ2v) is 2.68. The van der Waals surface area contributed by atoms with Gasteiger partial charge in [0.1, 0.15) is 0 Å². The van der Waals surface area contributed by atoms with Gasteiger partial charge in [0, 0.05) is 17.7 Å². The summed E-state index contributed by atoms with van der Waals surface area (Å²) in [5.74, 6) is -1.38. The van der Waals surface area contributed by atoms with Crippen LogP contribution in [-0.2, 0) is 4.79 Å². The second kappa shape index (κ2) is 3.87. The number of aromatic nitrogens is 1. The van der Waals surface area contributed by atoms with Gasteiger partial charge in [0.15, 0.2) is 0 Å². The lowest BCUT2D eigenvalue weighted by Crippen LogP contribution is -2.20. The average molecular weight is 197 g/mol. The van der Waals surface area contributed by atoms with E-state index in [4.69, 9.17) is 10.2 Å². The van der Waals surface area contributed by atoms with Crippen molar-refractivity contribution in [3.63, 3.8) is 0 Å². The van der Waals surface area contributed by atoms with Crippen molar-refractivity contribution >= 4 is 5.97 Å². The van der Waals surface area contributed by atoms with Gasteiger partial charge in [0.05, 0.1) is 0 Å². The summed E-state index contributed by atoms with van der Waals surface area (Å²) in [6.07, 6.45) is 0.446. The summed E-state index contributed by atoms with van der Waals surface area (Å²) in [6, 6.07) is 2.41. The molecule has 0 aliphatic heterocycles. The van der Waals surface area contributed by atoms with Crippen LogP contribution in [0.25, 0.3) is 0 Å². The van der Waals surface area contributed by atoms with Crippen LogP contribution in [0.4, 0.5) is 0 Å². The fourth-order valence-corrected chi connectivity index (χ4v) is 0.787. The number of rotatable bonds is 3. The first kappa shape index (κ1) is 10.2. The maximum absolute atomic E-state index is 11.2. The van der Waals surface area contributed by atoms with Crippen molar-refractivity contribution in [2.75, 3.05) is 0 Å². The highest BCUT2D eigenvalue weighted by Gasteiger charge is 2.13. The van der Waals surface area contributed by atoms with Gasteiger partial charge in [-0.2, -0.15) is 0 Å². The molecule has 0 bridgehead atoms. The standard InChI is InChI=1S/C9H11NO4/c1-3-6(2)9(13)14-10-7(11)4-5-8(10)12/h4-5,11-12H,2-3H2,1H3. The molecule has 5 nitrogen and oxygen atoms in total. The van der Waals surface area contributed by atoms with E-state index in [9.17, 15) is 4.79 Å². The minimum atomic E-state index is -0.686. The summed E-state index contributed by atoms with van der Waals surface area (Å²) >= 11 is 0. The summed E-state index contributed by atoms with van der Waals surface area (Å²) < 4.78 is 0.628. The van der Waals surface area contributed by atoms with Crippen LogP contribution in [0.2, 0.25) is 0 Å². The average Bonchev–Trinajstić information content (AvgIpc) is 2.48. The van der Waals surface area contributed by atoms with Crippen LogP contribution in [0.3, 0.4) is 0 Å². The number of carbonyl (C=O) groups is 1. The molecule has 0 amide bonds. The molecular weight excluding hydrogens is 186 g/mol. The van der Waals surface area contributed by atoms with Gasteiger partial charge in [-0.05, 0) is 6.42 Å². The van der Waals surface area contributed by atoms with Crippen molar-refractivity contribution in [1.29, 1.82) is 0 Å². The lowest BCUT2D eigenvalue weighted by Gasteiger charge is -2.06. The topological polar surface area (TPSA) is 71.7 Å². The summed E-state index contributed by atoms with van der Waals surface area (Å²) in [6.45, 7) is 5.21. The molecule has 0 aliphatic carbocycles. The predicted octanol–water partition coefficient (Wildman–Crippen LogP) is 0.821. The maximum atomic E-state index is 11.2. The van der Waals surface area contributed by atoms with Crippen LogP contribution in [0.5, 0.6) is 11.8 Å². The quantitative estimate of drug-likeness (QED) is 0.704. The van der Waals surface area contributed by atoms with Gasteiger partial charge < -0.3 is 15.1 Å². The first-order chi connectivity index (χ1) is 6.56. The summed E-state index contributed by atoms with van der Waals surface area (Å²) in [5.41, 5.74) is 0.262. The Balaban J connectivity index is 2.79. The van der Waals surface area contributed by atoms with Crippen molar-refractivity contribution in [2.45, 2.75) is 13.3 Å². The highest BCUT2D eigenvalue weighted by atomic mass is 16.7. The van der Waals surface area contributed by atoms with Gasteiger partial charge in [-0.25, -0.2) is 4.79 Å². The van der Waals surface area contributed by atoms with Crippen LogP contribution >= 0.6 is 0 Å². The van der Waals surface area contributed by atoms with E-state index < -0.39 is 5.97 Å². The minimum Gasteiger partial charge on any atom is -0.492 e. The van der Waals surface area contributed by atoms with Crippen molar-refractivity contribution in [2.24, 2.45) is 0 Å². The molecule has 0 radical (unpaired) electrons. The zero-order chi connectivity index (χ0) is 10.7. The molecule has 1 heterocycles. The molecule has 1 rings (SSSR count). The molecule has 0 atom stereocenters. The Bertz CT molecular complexity index is 347. The first-order valence-corrected chi connectivity index (χ1v) is 4.06. The van der Waals surface area contributed by atoms with Gasteiger partial charge in [-0.3, -0.25) is 0 Å². The third-order valence-corrected chi connectivity index (χ3v) is 1.69. The SMILES string of the molecule is C=C(CC)C(=O)On1c(O)ccc1O. The molecule has 0 fully saturated rings. The first-order valence-electron chi connectivity index (χ1n) is 4.06. The van der Waals surface area contributed by atoms with Crippen molar-refractivity contribution in [3.05, 3.63) is 24.3 Å². The normalized spacial score (nSPS) is 9.79. The van der Waals surface area contributed by atoms with E-state index >= 15 is 0 Å². The van der Waals surface area contributed by atoms with E-state index in [2.05, 4.69) is 11.4 Å². The number of aromatic hydroxyl groups is 2. The van der Waals surface area contributed by atoms with E-state index in [1.54, 1.807) is 6.92 Å². The minimum absolute atomic E-state index is 0.262. The molecule has 2 N–H and O–H groups in total. The summed E-state index contributed by atoms with van der Waals surface area (Å²) in [4.78, 5) is 15.8. The van der Waals surface area contributed by atoms with E-state index in [0.29, 0.717) is 11.2 Å². The Morgan fingerprint density at radius 2 is 2.00 bits per heavy atom. The van der Waals surface area contributed by atoms with E-state index in [-0.39, 0.29) is 17.3 Å². The van der Waals surface area contributed by atoms with Crippen LogP contribution < -0.4 is 4.84 Å². The highest BCUT2D eigenvalue weighted by Crippen LogP contribution is 2.19. The molecule has 1 aromatic heterocycles. The lowest BCUT2D eigenvalue weighted by molar-refractivity contribution is -0.140. The van der Waals surface area contributed by atoms with E-state index in [1.165, 1.54) is 12.1 Å². The number of hydrogen-bond acceptors (Lipinski definition) is 4. The zero-order valence-corrected chi connectivity index (χ0v) is 7.73. The molecule has 5 heteroatoms. The molecular formula is C9H11NO4. The molecule has 0 aromatic carbocycles. The Morgan fingerprint density at radius 3 is 2.43 bits per heavy atom. The van der Waals surface area contributed by atoms with E-state index in [0.717, 1.165) is 0 Å². The van der Waals surface area contributed by atoms with Crippen molar-refractivity contribution in [3.8, 4) is 11.8 Å². The second-order valence-electron chi connectivity index (χ2n) is 2.68. The van der Waals surface area contributed by atoms with E-state index in [1.807, 2.05) is 0 Å². The zero-order valence-electron chi connectivity index (χ0n) is 7.73. The molecule has 76 valence electrons. The van der Waals surface area contributed by atoms with Gasteiger partial charge in [-0.15, -0.1) is 4.73 Å². The molecule has 14 heavy (non-hydrogen) atoms. The Labute approximate surface area is 80.8 Å². The fourth-order valence-electron chi connectivity index (χ4n) is 0.787. The van der Waals surface area contributed by atoms with Crippen LogP contribution in [-0.4, -0.2) is 20.9 Å². The Kier molecular flexibility index (Phi) is 2.81. The third kappa shape index (κ3) is 1.87. The number of nitrogens with zero attached hydrogens (tertiary/aromatic N) is 1. The van der Waals surface area contributed by atoms with Gasteiger partial charge in [0.2, 0.25) is 11.8 Å². The predicted molar refractivity (Wildman–Crippen MR) is 48.8 cm³/mol. The summed E-state index contributed by atoms with van der Waals surface area (Å²) in [7, 11) is 0. The smallest absolute Gasteiger partial charge is 0.359 e. The molecule has 1 aromatic rings. The van der Waals surface area contributed by atoms with Gasteiger partial charge >= 0.3 is 5.97 Å².